The van der Waals surface area contributed by atoms with Gasteiger partial charge in [-0.3, -0.25) is 4.98 Å². The molecule has 176 valence electrons. The Morgan fingerprint density at radius 2 is 2.09 bits per heavy atom. The molecule has 8 heteroatoms. The van der Waals surface area contributed by atoms with Crippen molar-refractivity contribution in [3.05, 3.63) is 65.5 Å². The fourth-order valence-electron chi connectivity index (χ4n) is 3.97. The highest BCUT2D eigenvalue weighted by Crippen LogP contribution is 2.35. The van der Waals surface area contributed by atoms with Crippen LogP contribution in [0.3, 0.4) is 0 Å². The second-order valence-electron chi connectivity index (χ2n) is 8.99. The fourth-order valence-corrected chi connectivity index (χ4v) is 3.97. The fraction of sp³-hybridized carbons (Fsp3) is 0.346. The normalized spacial score (nSPS) is 16.1. The monoisotopic (exact) mass is 459 g/mol. The van der Waals surface area contributed by atoms with Gasteiger partial charge in [0.15, 0.2) is 0 Å². The van der Waals surface area contributed by atoms with E-state index in [-0.39, 0.29) is 12.1 Å². The summed E-state index contributed by atoms with van der Waals surface area (Å²) in [7, 11) is 0. The summed E-state index contributed by atoms with van der Waals surface area (Å²) < 4.78 is 12.1. The van der Waals surface area contributed by atoms with Gasteiger partial charge in [0, 0.05) is 54.8 Å². The lowest BCUT2D eigenvalue weighted by molar-refractivity contribution is -0.0279. The molecule has 1 aromatic carbocycles. The average Bonchev–Trinajstić information content (AvgIpc) is 2.82. The van der Waals surface area contributed by atoms with E-state index in [1.807, 2.05) is 31.2 Å². The summed E-state index contributed by atoms with van der Waals surface area (Å²) >= 11 is 0. The van der Waals surface area contributed by atoms with E-state index in [4.69, 9.17) is 20.2 Å². The molecule has 0 aliphatic carbocycles. The maximum atomic E-state index is 9.96. The van der Waals surface area contributed by atoms with Crippen molar-refractivity contribution in [2.75, 3.05) is 31.1 Å². The minimum Gasteiger partial charge on any atom is -0.456 e. The number of pyridine rings is 2. The highest BCUT2D eigenvalue weighted by Gasteiger charge is 2.28. The third kappa shape index (κ3) is 5.34. The summed E-state index contributed by atoms with van der Waals surface area (Å²) in [5, 5.41) is 19.4. The van der Waals surface area contributed by atoms with Crippen LogP contribution in [0.4, 0.5) is 5.82 Å². The summed E-state index contributed by atoms with van der Waals surface area (Å²) in [5.41, 5.74) is 8.63. The molecule has 0 radical (unpaired) electrons. The van der Waals surface area contributed by atoms with Gasteiger partial charge < -0.3 is 25.2 Å². The Bertz CT molecular complexity index is 1200. The van der Waals surface area contributed by atoms with Gasteiger partial charge in [0.25, 0.3) is 0 Å². The number of nitriles is 1. The first-order chi connectivity index (χ1) is 16.3. The van der Waals surface area contributed by atoms with Gasteiger partial charge >= 0.3 is 0 Å². The van der Waals surface area contributed by atoms with E-state index >= 15 is 0 Å². The number of hydrogen-bond acceptors (Lipinski definition) is 8. The molecule has 2 aromatic heterocycles. The molecule has 3 N–H and O–H groups in total. The van der Waals surface area contributed by atoms with E-state index in [0.717, 1.165) is 30.2 Å². The molecular weight excluding hydrogens is 430 g/mol. The smallest absolute Gasteiger partial charge is 0.138 e. The van der Waals surface area contributed by atoms with Crippen LogP contribution < -0.4 is 15.4 Å². The number of nitrogens with two attached hydrogens (primary N) is 1. The third-order valence-electron chi connectivity index (χ3n) is 5.67. The Labute approximate surface area is 199 Å². The molecule has 8 nitrogen and oxygen atoms in total. The van der Waals surface area contributed by atoms with E-state index < -0.39 is 6.10 Å². The van der Waals surface area contributed by atoms with Gasteiger partial charge in [0.1, 0.15) is 17.3 Å². The minimum absolute atomic E-state index is 0.121. The number of aliphatic hydroxyl groups is 1. The van der Waals surface area contributed by atoms with Crippen molar-refractivity contribution in [2.45, 2.75) is 32.5 Å². The summed E-state index contributed by atoms with van der Waals surface area (Å²) in [5.74, 6) is 1.96. The number of rotatable bonds is 6. The topological polar surface area (TPSA) is 118 Å². The molecule has 1 saturated heterocycles. The number of aryl methyl sites for hydroxylation is 1. The zero-order valence-corrected chi connectivity index (χ0v) is 19.7. The van der Waals surface area contributed by atoms with Gasteiger partial charge in [-0.1, -0.05) is 6.07 Å². The molecule has 1 aliphatic heterocycles. The maximum absolute atomic E-state index is 9.96. The Morgan fingerprint density at radius 1 is 1.26 bits per heavy atom. The highest BCUT2D eigenvalue weighted by molar-refractivity contribution is 5.69. The minimum atomic E-state index is -0.762. The Balaban J connectivity index is 1.67. The van der Waals surface area contributed by atoms with E-state index in [1.54, 1.807) is 24.4 Å². The first-order valence-electron chi connectivity index (χ1n) is 11.2. The van der Waals surface area contributed by atoms with Gasteiger partial charge in [-0.2, -0.15) is 5.26 Å². The first-order valence-corrected chi connectivity index (χ1v) is 11.2. The first kappa shape index (κ1) is 23.6. The number of benzene rings is 1. The van der Waals surface area contributed by atoms with Crippen LogP contribution in [0.2, 0.25) is 0 Å². The van der Waals surface area contributed by atoms with Crippen molar-refractivity contribution in [1.82, 2.24) is 9.97 Å². The highest BCUT2D eigenvalue weighted by atomic mass is 16.5. The summed E-state index contributed by atoms with van der Waals surface area (Å²) in [6.45, 7) is 8.29. The zero-order valence-electron chi connectivity index (χ0n) is 19.7. The van der Waals surface area contributed by atoms with Crippen molar-refractivity contribution < 1.29 is 14.6 Å². The van der Waals surface area contributed by atoms with Crippen LogP contribution in [0.25, 0.3) is 11.3 Å². The molecule has 1 atom stereocenters. The van der Waals surface area contributed by atoms with Gasteiger partial charge in [-0.25, -0.2) is 4.98 Å². The van der Waals surface area contributed by atoms with Crippen LogP contribution in [0.5, 0.6) is 11.5 Å². The molecule has 0 unspecified atom stereocenters. The number of anilines is 1. The summed E-state index contributed by atoms with van der Waals surface area (Å²) in [6, 6.07) is 14.8. The van der Waals surface area contributed by atoms with Crippen LogP contribution in [0.15, 0.2) is 48.7 Å². The standard InChI is InChI=1S/C26H29N5O3/c1-17-10-20(12-25(30-17)31-8-9-33-26(2,3)16-31)34-24-11-18(13-27)4-6-21(24)22-7-5-19(15-29-22)23(32)14-28/h4-7,10-12,15,23,32H,8-9,14,16,28H2,1-3H3/t23-/m1/s1. The average molecular weight is 460 g/mol. The van der Waals surface area contributed by atoms with Crippen molar-refractivity contribution in [3.8, 4) is 28.8 Å². The second-order valence-corrected chi connectivity index (χ2v) is 8.99. The number of hydrogen-bond donors (Lipinski definition) is 2. The Morgan fingerprint density at radius 3 is 2.76 bits per heavy atom. The number of morpholine rings is 1. The predicted octanol–water partition coefficient (Wildman–Crippen LogP) is 3.72. The van der Waals surface area contributed by atoms with Gasteiger partial charge in [0.2, 0.25) is 0 Å². The zero-order chi connectivity index (χ0) is 24.3. The van der Waals surface area contributed by atoms with E-state index in [9.17, 15) is 10.4 Å². The lowest BCUT2D eigenvalue weighted by Gasteiger charge is -2.39. The van der Waals surface area contributed by atoms with E-state index in [1.165, 1.54) is 0 Å². The molecule has 0 amide bonds. The molecule has 1 fully saturated rings. The van der Waals surface area contributed by atoms with E-state index in [2.05, 4.69) is 29.8 Å². The van der Waals surface area contributed by atoms with Crippen molar-refractivity contribution >= 4 is 5.82 Å². The van der Waals surface area contributed by atoms with Gasteiger partial charge in [-0.15, -0.1) is 0 Å². The molecule has 4 rings (SSSR count). The second kappa shape index (κ2) is 9.77. The van der Waals surface area contributed by atoms with Crippen LogP contribution in [0.1, 0.15) is 36.8 Å². The molecule has 34 heavy (non-hydrogen) atoms. The van der Waals surface area contributed by atoms with Crippen molar-refractivity contribution in [1.29, 1.82) is 5.26 Å². The van der Waals surface area contributed by atoms with Crippen molar-refractivity contribution in [3.63, 3.8) is 0 Å². The quantitative estimate of drug-likeness (QED) is 0.573. The molecule has 0 spiro atoms. The molecule has 3 aromatic rings. The number of aliphatic hydroxyl groups excluding tert-OH is 1. The summed E-state index contributed by atoms with van der Waals surface area (Å²) in [4.78, 5) is 11.4. The molecule has 1 aliphatic rings. The number of ether oxygens (including phenoxy) is 2. The molecular formula is C26H29N5O3. The van der Waals surface area contributed by atoms with E-state index in [0.29, 0.717) is 34.9 Å². The van der Waals surface area contributed by atoms with Gasteiger partial charge in [0.05, 0.1) is 35.6 Å². The Kier molecular flexibility index (Phi) is 6.80. The van der Waals surface area contributed by atoms with Crippen LogP contribution >= 0.6 is 0 Å². The summed E-state index contributed by atoms with van der Waals surface area (Å²) in [6.07, 6.45) is 0.839. The molecule has 0 saturated carbocycles. The van der Waals surface area contributed by atoms with Crippen LogP contribution in [-0.2, 0) is 4.74 Å². The maximum Gasteiger partial charge on any atom is 0.138 e. The SMILES string of the molecule is Cc1cc(Oc2cc(C#N)ccc2-c2ccc([C@H](O)CN)cn2)cc(N2CCOC(C)(C)C2)n1. The Hall–Kier alpha value is -3.51. The van der Waals surface area contributed by atoms with Crippen LogP contribution in [-0.4, -0.2) is 46.9 Å². The molecule has 3 heterocycles. The van der Waals surface area contributed by atoms with Crippen molar-refractivity contribution in [2.24, 2.45) is 5.73 Å². The van der Waals surface area contributed by atoms with Gasteiger partial charge in [-0.05, 0) is 45.0 Å². The van der Waals surface area contributed by atoms with Crippen LogP contribution in [0, 0.1) is 18.3 Å². The lowest BCUT2D eigenvalue weighted by atomic mass is 10.1. The predicted molar refractivity (Wildman–Crippen MR) is 130 cm³/mol. The third-order valence-corrected chi connectivity index (χ3v) is 5.67. The lowest BCUT2D eigenvalue weighted by Crippen LogP contribution is -2.48. The largest absolute Gasteiger partial charge is 0.456 e. The number of nitrogens with zero attached hydrogens (tertiary/aromatic N) is 4. The molecule has 0 bridgehead atoms. The number of aromatic nitrogens is 2.